The van der Waals surface area contributed by atoms with E-state index in [0.717, 1.165) is 30.0 Å². The van der Waals surface area contributed by atoms with Crippen LogP contribution < -0.4 is 10.1 Å². The van der Waals surface area contributed by atoms with Gasteiger partial charge < -0.3 is 14.8 Å². The van der Waals surface area contributed by atoms with E-state index in [1.54, 1.807) is 7.11 Å². The number of nitrogens with zero attached hydrogens (tertiary/aromatic N) is 1. The smallest absolute Gasteiger partial charge is 0.246 e. The number of likely N-dealkylation sites (tertiary alicyclic amines) is 1. The number of carbonyl (C=O) groups is 1. The summed E-state index contributed by atoms with van der Waals surface area (Å²) < 4.78 is 11.4. The summed E-state index contributed by atoms with van der Waals surface area (Å²) in [5.41, 5.74) is 3.25. The van der Waals surface area contributed by atoms with Gasteiger partial charge in [-0.25, -0.2) is 0 Å². The normalized spacial score (nSPS) is 14.8. The van der Waals surface area contributed by atoms with E-state index in [1.807, 2.05) is 72.8 Å². The molecule has 1 amide bonds. The van der Waals surface area contributed by atoms with E-state index < -0.39 is 0 Å². The average Bonchev–Trinajstić information content (AvgIpc) is 3.41. The van der Waals surface area contributed by atoms with E-state index >= 15 is 0 Å². The standard InChI is InChI=1S/C28H32N2O3/c1-32-25-16-14-22(15-17-25)26(30-18-8-9-19-30)20-29-27(31)21-33-28(23-10-4-2-5-11-23)24-12-6-3-7-13-24/h2-7,10-17,26,28H,8-9,18-21H2,1H3,(H,29,31). The SMILES string of the molecule is COc1ccc(C(CNC(=O)COC(c2ccccc2)c2ccccc2)N2CCCC2)cc1. The van der Waals surface area contributed by atoms with Crippen LogP contribution >= 0.6 is 0 Å². The Hall–Kier alpha value is -3.15. The topological polar surface area (TPSA) is 50.8 Å². The molecule has 3 aromatic rings. The van der Waals surface area contributed by atoms with Crippen molar-refractivity contribution in [2.75, 3.05) is 33.4 Å². The first-order chi connectivity index (χ1) is 16.2. The lowest BCUT2D eigenvalue weighted by molar-refractivity contribution is -0.127. The number of carbonyl (C=O) groups excluding carboxylic acids is 1. The van der Waals surface area contributed by atoms with Crippen molar-refractivity contribution in [1.82, 2.24) is 10.2 Å². The van der Waals surface area contributed by atoms with E-state index in [4.69, 9.17) is 9.47 Å². The van der Waals surface area contributed by atoms with Crippen LogP contribution in [-0.2, 0) is 9.53 Å². The molecule has 1 N–H and O–H groups in total. The van der Waals surface area contributed by atoms with E-state index in [1.165, 1.54) is 18.4 Å². The number of benzene rings is 3. The van der Waals surface area contributed by atoms with Crippen molar-refractivity contribution in [3.63, 3.8) is 0 Å². The lowest BCUT2D eigenvalue weighted by Gasteiger charge is -2.28. The molecular formula is C28H32N2O3. The van der Waals surface area contributed by atoms with Crippen molar-refractivity contribution < 1.29 is 14.3 Å². The third-order valence-electron chi connectivity index (χ3n) is 6.16. The monoisotopic (exact) mass is 444 g/mol. The second-order valence-electron chi connectivity index (χ2n) is 8.35. The molecule has 1 aliphatic rings. The summed E-state index contributed by atoms with van der Waals surface area (Å²) in [5, 5.41) is 3.11. The molecule has 33 heavy (non-hydrogen) atoms. The van der Waals surface area contributed by atoms with Gasteiger partial charge >= 0.3 is 0 Å². The zero-order chi connectivity index (χ0) is 22.9. The lowest BCUT2D eigenvalue weighted by Crippen LogP contribution is -2.38. The second kappa shape index (κ2) is 11.6. The second-order valence-corrected chi connectivity index (χ2v) is 8.35. The summed E-state index contributed by atoms with van der Waals surface area (Å²) in [6.07, 6.45) is 2.10. The third-order valence-corrected chi connectivity index (χ3v) is 6.16. The minimum Gasteiger partial charge on any atom is -0.497 e. The molecule has 1 heterocycles. The minimum absolute atomic E-state index is 0.00376. The Morgan fingerprint density at radius 3 is 1.97 bits per heavy atom. The Kier molecular flexibility index (Phi) is 8.12. The molecule has 0 aliphatic carbocycles. The Bertz CT molecular complexity index is 947. The number of rotatable bonds is 10. The molecule has 4 rings (SSSR count). The van der Waals surface area contributed by atoms with Crippen LogP contribution in [0.3, 0.4) is 0 Å². The molecule has 0 saturated carbocycles. The Balaban J connectivity index is 1.39. The number of nitrogens with one attached hydrogen (secondary N) is 1. The van der Waals surface area contributed by atoms with E-state index in [9.17, 15) is 4.79 Å². The van der Waals surface area contributed by atoms with Gasteiger partial charge in [0.2, 0.25) is 5.91 Å². The molecule has 3 aromatic carbocycles. The van der Waals surface area contributed by atoms with Gasteiger partial charge in [-0.05, 0) is 54.8 Å². The Morgan fingerprint density at radius 2 is 1.42 bits per heavy atom. The van der Waals surface area contributed by atoms with E-state index in [-0.39, 0.29) is 24.7 Å². The van der Waals surface area contributed by atoms with Gasteiger partial charge in [-0.3, -0.25) is 9.69 Å². The molecule has 0 bridgehead atoms. The maximum atomic E-state index is 12.8. The van der Waals surface area contributed by atoms with Gasteiger partial charge in [-0.15, -0.1) is 0 Å². The van der Waals surface area contributed by atoms with Gasteiger partial charge in [0, 0.05) is 6.54 Å². The summed E-state index contributed by atoms with van der Waals surface area (Å²) >= 11 is 0. The molecule has 172 valence electrons. The molecule has 1 saturated heterocycles. The van der Waals surface area contributed by atoms with E-state index in [0.29, 0.717) is 6.54 Å². The highest BCUT2D eigenvalue weighted by atomic mass is 16.5. The van der Waals surface area contributed by atoms with Crippen molar-refractivity contribution in [3.8, 4) is 5.75 Å². The molecule has 5 nitrogen and oxygen atoms in total. The predicted octanol–water partition coefficient (Wildman–Crippen LogP) is 4.75. The maximum Gasteiger partial charge on any atom is 0.246 e. The van der Waals surface area contributed by atoms with E-state index in [2.05, 4.69) is 22.3 Å². The third kappa shape index (κ3) is 6.21. The number of hydrogen-bond donors (Lipinski definition) is 1. The fourth-order valence-electron chi connectivity index (χ4n) is 4.40. The number of methoxy groups -OCH3 is 1. The molecule has 0 aromatic heterocycles. The van der Waals surface area contributed by atoms with Gasteiger partial charge in [0.1, 0.15) is 18.5 Å². The van der Waals surface area contributed by atoms with Crippen LogP contribution in [0.5, 0.6) is 5.75 Å². The van der Waals surface area contributed by atoms with Crippen LogP contribution in [0.1, 0.15) is 41.7 Å². The molecule has 5 heteroatoms. The first-order valence-corrected chi connectivity index (χ1v) is 11.6. The summed E-state index contributed by atoms with van der Waals surface area (Å²) in [7, 11) is 1.67. The Morgan fingerprint density at radius 1 is 0.848 bits per heavy atom. The van der Waals surface area contributed by atoms with Crippen molar-refractivity contribution in [1.29, 1.82) is 0 Å². The van der Waals surface area contributed by atoms with Crippen molar-refractivity contribution in [3.05, 3.63) is 102 Å². The first kappa shape index (κ1) is 23.0. The minimum atomic E-state index is -0.283. The molecule has 1 unspecified atom stereocenters. The first-order valence-electron chi connectivity index (χ1n) is 11.6. The zero-order valence-electron chi connectivity index (χ0n) is 19.2. The van der Waals surface area contributed by atoms with Gasteiger partial charge in [-0.2, -0.15) is 0 Å². The molecule has 1 fully saturated rings. The Labute approximate surface area is 196 Å². The summed E-state index contributed by atoms with van der Waals surface area (Å²) in [6.45, 7) is 2.65. The van der Waals surface area contributed by atoms with Crippen LogP contribution in [0.4, 0.5) is 0 Å². The quantitative estimate of drug-likeness (QED) is 0.490. The fraction of sp³-hybridized carbons (Fsp3) is 0.321. The van der Waals surface area contributed by atoms with Crippen molar-refractivity contribution in [2.45, 2.75) is 25.0 Å². The zero-order valence-corrected chi connectivity index (χ0v) is 19.2. The van der Waals surface area contributed by atoms with Gasteiger partial charge in [0.05, 0.1) is 13.2 Å². The van der Waals surface area contributed by atoms with Crippen LogP contribution in [0.2, 0.25) is 0 Å². The number of hydrogen-bond acceptors (Lipinski definition) is 4. The van der Waals surface area contributed by atoms with Gasteiger partial charge in [0.25, 0.3) is 0 Å². The molecular weight excluding hydrogens is 412 g/mol. The molecule has 0 spiro atoms. The fourth-order valence-corrected chi connectivity index (χ4v) is 4.40. The van der Waals surface area contributed by atoms with Crippen molar-refractivity contribution >= 4 is 5.91 Å². The summed E-state index contributed by atoms with van der Waals surface area (Å²) in [6, 6.07) is 28.3. The maximum absolute atomic E-state index is 12.8. The lowest BCUT2D eigenvalue weighted by atomic mass is 10.0. The van der Waals surface area contributed by atoms with Gasteiger partial charge in [-0.1, -0.05) is 72.8 Å². The van der Waals surface area contributed by atoms with Crippen LogP contribution in [-0.4, -0.2) is 44.2 Å². The van der Waals surface area contributed by atoms with Gasteiger partial charge in [0.15, 0.2) is 0 Å². The van der Waals surface area contributed by atoms with Crippen LogP contribution in [0.15, 0.2) is 84.9 Å². The highest BCUT2D eigenvalue weighted by molar-refractivity contribution is 5.77. The predicted molar refractivity (Wildman–Crippen MR) is 130 cm³/mol. The number of amides is 1. The van der Waals surface area contributed by atoms with Crippen LogP contribution in [0.25, 0.3) is 0 Å². The highest BCUT2D eigenvalue weighted by Gasteiger charge is 2.24. The molecule has 0 radical (unpaired) electrons. The highest BCUT2D eigenvalue weighted by Crippen LogP contribution is 2.27. The molecule has 1 atom stereocenters. The summed E-state index contributed by atoms with van der Waals surface area (Å²) in [4.78, 5) is 15.2. The average molecular weight is 445 g/mol. The van der Waals surface area contributed by atoms with Crippen LogP contribution in [0, 0.1) is 0 Å². The molecule has 1 aliphatic heterocycles. The van der Waals surface area contributed by atoms with Crippen molar-refractivity contribution in [2.24, 2.45) is 0 Å². The summed E-state index contributed by atoms with van der Waals surface area (Å²) in [5.74, 6) is 0.730. The largest absolute Gasteiger partial charge is 0.497 e. The number of ether oxygens (including phenoxy) is 2.